The van der Waals surface area contributed by atoms with E-state index >= 15 is 0 Å². The van der Waals surface area contributed by atoms with E-state index in [1.165, 1.54) is 6.07 Å². The molecule has 0 radical (unpaired) electrons. The first-order valence-corrected chi connectivity index (χ1v) is 12.3. The molecule has 5 rings (SSSR count). The number of para-hydroxylation sites is 4. The number of piperazine rings is 1. The van der Waals surface area contributed by atoms with E-state index in [9.17, 15) is 9.50 Å². The normalized spacial score (nSPS) is 15.1. The molecule has 192 valence electrons. The Morgan fingerprint density at radius 2 is 1.61 bits per heavy atom. The van der Waals surface area contributed by atoms with Crippen molar-refractivity contribution >= 4 is 29.5 Å². The maximum atomic E-state index is 14.7. The van der Waals surface area contributed by atoms with Gasteiger partial charge in [-0.25, -0.2) is 4.39 Å². The van der Waals surface area contributed by atoms with Crippen LogP contribution in [0, 0.1) is 5.82 Å². The van der Waals surface area contributed by atoms with Crippen molar-refractivity contribution in [1.82, 2.24) is 4.90 Å². The van der Waals surface area contributed by atoms with Crippen LogP contribution in [0.4, 0.5) is 21.5 Å². The molecule has 2 aliphatic heterocycles. The van der Waals surface area contributed by atoms with Crippen LogP contribution in [0.5, 0.6) is 23.0 Å². The number of phenols is 1. The number of aromatic hydroxyl groups is 1. The van der Waals surface area contributed by atoms with Gasteiger partial charge < -0.3 is 24.4 Å². The second kappa shape index (κ2) is 11.3. The molecule has 1 N–H and O–H groups in total. The number of anilines is 3. The Hall–Kier alpha value is -3.16. The number of fused-ring (bicyclic) bond motifs is 2. The van der Waals surface area contributed by atoms with Crippen molar-refractivity contribution in [2.75, 3.05) is 49.1 Å². The van der Waals surface area contributed by atoms with Gasteiger partial charge in [0.25, 0.3) is 0 Å². The Bertz CT molecular complexity index is 1180. The Morgan fingerprint density at radius 1 is 0.889 bits per heavy atom. The molecule has 0 unspecified atom stereocenters. The summed E-state index contributed by atoms with van der Waals surface area (Å²) in [4.78, 5) is 6.66. The maximum Gasteiger partial charge on any atom is 0.155 e. The number of rotatable bonds is 7. The zero-order chi connectivity index (χ0) is 24.4. The number of nitrogens with zero attached hydrogens (tertiary/aromatic N) is 3. The summed E-state index contributed by atoms with van der Waals surface area (Å²) < 4.78 is 26.6. The van der Waals surface area contributed by atoms with Gasteiger partial charge in [0.2, 0.25) is 0 Å². The summed E-state index contributed by atoms with van der Waals surface area (Å²) in [5, 5.41) is 10.6. The first-order chi connectivity index (χ1) is 17.0. The van der Waals surface area contributed by atoms with E-state index < -0.39 is 0 Å². The van der Waals surface area contributed by atoms with Gasteiger partial charge >= 0.3 is 0 Å². The molecule has 0 amide bonds. The van der Waals surface area contributed by atoms with E-state index in [2.05, 4.69) is 14.7 Å². The van der Waals surface area contributed by atoms with Crippen LogP contribution in [0.25, 0.3) is 0 Å². The van der Waals surface area contributed by atoms with E-state index in [1.807, 2.05) is 50.2 Å². The monoisotopic (exact) mass is 513 g/mol. The Balaban J connectivity index is 0.00000304. The lowest BCUT2D eigenvalue weighted by molar-refractivity contribution is 0.236. The quantitative estimate of drug-likeness (QED) is 0.406. The first-order valence-electron chi connectivity index (χ1n) is 12.3. The van der Waals surface area contributed by atoms with Gasteiger partial charge in [-0.05, 0) is 63.2 Å². The molecule has 0 aromatic heterocycles. The molecular weight excluding hydrogens is 481 g/mol. The zero-order valence-corrected chi connectivity index (χ0v) is 21.5. The first kappa shape index (κ1) is 25.9. The molecule has 0 aliphatic carbocycles. The van der Waals surface area contributed by atoms with Crippen molar-refractivity contribution < 1.29 is 19.0 Å². The summed E-state index contributed by atoms with van der Waals surface area (Å²) in [6.07, 6.45) is 0.912. The number of phenolic OH excluding ortho intramolecular Hbond substituents is 1. The molecule has 1 saturated heterocycles. The summed E-state index contributed by atoms with van der Waals surface area (Å²) in [5.41, 5.74) is 2.25. The number of hydrogen-bond donors (Lipinski definition) is 1. The molecule has 0 saturated carbocycles. The summed E-state index contributed by atoms with van der Waals surface area (Å²) in [5.74, 6) is 2.05. The second-order valence-electron chi connectivity index (χ2n) is 9.28. The van der Waals surface area contributed by atoms with Crippen LogP contribution in [-0.4, -0.2) is 55.4 Å². The van der Waals surface area contributed by atoms with Crippen LogP contribution in [0.15, 0.2) is 60.7 Å². The zero-order valence-electron chi connectivity index (χ0n) is 20.7. The summed E-state index contributed by atoms with van der Waals surface area (Å²) in [6, 6.07) is 18.3. The highest BCUT2D eigenvalue weighted by molar-refractivity contribution is 5.85. The van der Waals surface area contributed by atoms with E-state index in [4.69, 9.17) is 9.47 Å². The van der Waals surface area contributed by atoms with E-state index in [0.29, 0.717) is 22.9 Å². The molecule has 2 heterocycles. The molecule has 6 nitrogen and oxygen atoms in total. The molecule has 2 aliphatic rings. The minimum absolute atomic E-state index is 0. The number of halogens is 2. The third-order valence-electron chi connectivity index (χ3n) is 6.48. The standard InChI is InChI=1S/C28H32FN3O3.ClH/c1-20(2)34-25-12-5-8-21(29)27(25)31-18-16-30(17-19-31)14-7-15-32-22-9-3-4-11-24(22)35-26-13-6-10-23(33)28(26)32;/h3-6,8-13,20,33H,7,14-19H2,1-2H3;1H. The SMILES string of the molecule is CC(C)Oc1cccc(F)c1N1CCN(CCCN2c3ccccc3Oc3cccc(O)c32)CC1.Cl. The smallest absolute Gasteiger partial charge is 0.155 e. The second-order valence-corrected chi connectivity index (χ2v) is 9.28. The topological polar surface area (TPSA) is 48.4 Å². The Morgan fingerprint density at radius 3 is 2.39 bits per heavy atom. The molecule has 0 spiro atoms. The number of ether oxygens (including phenoxy) is 2. The molecule has 3 aromatic carbocycles. The Labute approximate surface area is 218 Å². The Kier molecular flexibility index (Phi) is 8.11. The fraction of sp³-hybridized carbons (Fsp3) is 0.357. The molecular formula is C28H33ClFN3O3. The lowest BCUT2D eigenvalue weighted by Gasteiger charge is -2.38. The van der Waals surface area contributed by atoms with Crippen molar-refractivity contribution in [3.8, 4) is 23.0 Å². The van der Waals surface area contributed by atoms with Crippen molar-refractivity contribution in [2.24, 2.45) is 0 Å². The van der Waals surface area contributed by atoms with Gasteiger partial charge in [0.05, 0.1) is 11.8 Å². The summed E-state index contributed by atoms with van der Waals surface area (Å²) >= 11 is 0. The van der Waals surface area contributed by atoms with Gasteiger partial charge in [0.1, 0.15) is 28.7 Å². The summed E-state index contributed by atoms with van der Waals surface area (Å²) in [7, 11) is 0. The molecule has 3 aromatic rings. The van der Waals surface area contributed by atoms with Crippen LogP contribution in [0.3, 0.4) is 0 Å². The predicted octanol–water partition coefficient (Wildman–Crippen LogP) is 6.20. The molecule has 0 bridgehead atoms. The van der Waals surface area contributed by atoms with Crippen LogP contribution >= 0.6 is 12.4 Å². The minimum Gasteiger partial charge on any atom is -0.506 e. The van der Waals surface area contributed by atoms with Crippen LogP contribution in [0.2, 0.25) is 0 Å². The van der Waals surface area contributed by atoms with Gasteiger partial charge in [0.15, 0.2) is 11.5 Å². The van der Waals surface area contributed by atoms with Crippen molar-refractivity contribution in [3.63, 3.8) is 0 Å². The average Bonchev–Trinajstić information content (AvgIpc) is 2.84. The van der Waals surface area contributed by atoms with Crippen LogP contribution in [-0.2, 0) is 0 Å². The highest BCUT2D eigenvalue weighted by Gasteiger charge is 2.27. The minimum atomic E-state index is -0.235. The third-order valence-corrected chi connectivity index (χ3v) is 6.48. The fourth-order valence-corrected chi connectivity index (χ4v) is 4.90. The third kappa shape index (κ3) is 5.32. The molecule has 8 heteroatoms. The van der Waals surface area contributed by atoms with Gasteiger partial charge in [-0.3, -0.25) is 4.90 Å². The average molecular weight is 514 g/mol. The fourth-order valence-electron chi connectivity index (χ4n) is 4.90. The van der Waals surface area contributed by atoms with Crippen LogP contribution in [0.1, 0.15) is 20.3 Å². The molecule has 1 fully saturated rings. The number of hydrogen-bond acceptors (Lipinski definition) is 6. The van der Waals surface area contributed by atoms with Crippen molar-refractivity contribution in [2.45, 2.75) is 26.4 Å². The van der Waals surface area contributed by atoms with Gasteiger partial charge in [0, 0.05) is 32.7 Å². The lowest BCUT2D eigenvalue weighted by atomic mass is 10.1. The van der Waals surface area contributed by atoms with Crippen molar-refractivity contribution in [3.05, 3.63) is 66.5 Å². The highest BCUT2D eigenvalue weighted by atomic mass is 35.5. The lowest BCUT2D eigenvalue weighted by Crippen LogP contribution is -2.47. The molecule has 0 atom stereocenters. The summed E-state index contributed by atoms with van der Waals surface area (Å²) in [6.45, 7) is 8.80. The highest BCUT2D eigenvalue weighted by Crippen LogP contribution is 2.50. The van der Waals surface area contributed by atoms with E-state index in [0.717, 1.165) is 57.1 Å². The van der Waals surface area contributed by atoms with E-state index in [-0.39, 0.29) is 30.1 Å². The van der Waals surface area contributed by atoms with Gasteiger partial charge in [-0.2, -0.15) is 0 Å². The predicted molar refractivity (Wildman–Crippen MR) is 144 cm³/mol. The van der Waals surface area contributed by atoms with Gasteiger partial charge in [-0.15, -0.1) is 12.4 Å². The van der Waals surface area contributed by atoms with Crippen LogP contribution < -0.4 is 19.3 Å². The van der Waals surface area contributed by atoms with Crippen molar-refractivity contribution in [1.29, 1.82) is 0 Å². The van der Waals surface area contributed by atoms with E-state index in [1.54, 1.807) is 18.2 Å². The largest absolute Gasteiger partial charge is 0.506 e. The number of benzene rings is 3. The maximum absolute atomic E-state index is 14.7. The molecule has 36 heavy (non-hydrogen) atoms. The van der Waals surface area contributed by atoms with Gasteiger partial charge in [-0.1, -0.05) is 24.3 Å².